The molecule has 0 amide bonds. The lowest BCUT2D eigenvalue weighted by Crippen LogP contribution is -2.34. The van der Waals surface area contributed by atoms with Gasteiger partial charge in [-0.05, 0) is 24.0 Å². The molecule has 0 aliphatic rings. The summed E-state index contributed by atoms with van der Waals surface area (Å²) in [5.74, 6) is 0. The molecule has 1 aromatic heterocycles. The highest BCUT2D eigenvalue weighted by Gasteiger charge is 2.17. The summed E-state index contributed by atoms with van der Waals surface area (Å²) in [5, 5.41) is 23.8. The Balaban J connectivity index is 2.06. The molecule has 0 saturated carbocycles. The fourth-order valence-electron chi connectivity index (χ4n) is 2.70. The van der Waals surface area contributed by atoms with E-state index in [-0.39, 0.29) is 18.7 Å². The van der Waals surface area contributed by atoms with Crippen LogP contribution < -0.4 is 5.56 Å². The monoisotopic (exact) mass is 341 g/mol. The number of nitriles is 1. The standard InChI is InChI=1S/C19H23N3O3/c1-3-16-17(10-20)19(24)22(21-18(16)4-2)11-15(23)13-25-12-14-8-6-5-7-9-14/h5-9,15,23H,3-4,11-13H2,1-2H3. The number of aliphatic hydroxyl groups excluding tert-OH is 1. The molecule has 0 bridgehead atoms. The molecule has 6 nitrogen and oxygen atoms in total. The number of ether oxygens (including phenoxy) is 1. The molecule has 0 aliphatic carbocycles. The van der Waals surface area contributed by atoms with Crippen molar-refractivity contribution in [1.29, 1.82) is 5.26 Å². The van der Waals surface area contributed by atoms with E-state index < -0.39 is 11.7 Å². The van der Waals surface area contributed by atoms with Crippen molar-refractivity contribution in [2.24, 2.45) is 0 Å². The molecule has 1 N–H and O–H groups in total. The Hall–Kier alpha value is -2.49. The normalized spacial score (nSPS) is 11.9. The predicted molar refractivity (Wildman–Crippen MR) is 94.1 cm³/mol. The summed E-state index contributed by atoms with van der Waals surface area (Å²) >= 11 is 0. The summed E-state index contributed by atoms with van der Waals surface area (Å²) in [5.41, 5.74) is 2.08. The quantitative estimate of drug-likeness (QED) is 0.791. The number of hydrogen-bond acceptors (Lipinski definition) is 5. The first-order valence-electron chi connectivity index (χ1n) is 8.43. The van der Waals surface area contributed by atoms with Crippen LogP contribution >= 0.6 is 0 Å². The van der Waals surface area contributed by atoms with E-state index in [0.717, 1.165) is 11.3 Å². The van der Waals surface area contributed by atoms with E-state index >= 15 is 0 Å². The van der Waals surface area contributed by atoms with Crippen molar-refractivity contribution in [3.8, 4) is 6.07 Å². The van der Waals surface area contributed by atoms with E-state index in [1.165, 1.54) is 4.68 Å². The van der Waals surface area contributed by atoms with Gasteiger partial charge in [0.2, 0.25) is 0 Å². The highest BCUT2D eigenvalue weighted by molar-refractivity contribution is 5.38. The maximum absolute atomic E-state index is 12.4. The summed E-state index contributed by atoms with van der Waals surface area (Å²) < 4.78 is 6.67. The minimum Gasteiger partial charge on any atom is -0.389 e. The van der Waals surface area contributed by atoms with Gasteiger partial charge in [-0.1, -0.05) is 44.2 Å². The second-order valence-corrected chi connectivity index (χ2v) is 5.76. The molecule has 25 heavy (non-hydrogen) atoms. The van der Waals surface area contributed by atoms with Crippen LogP contribution in [0.3, 0.4) is 0 Å². The number of nitrogens with zero attached hydrogens (tertiary/aromatic N) is 3. The van der Waals surface area contributed by atoms with Crippen molar-refractivity contribution in [2.75, 3.05) is 6.61 Å². The lowest BCUT2D eigenvalue weighted by molar-refractivity contribution is 0.0179. The van der Waals surface area contributed by atoms with Gasteiger partial charge in [0.25, 0.3) is 5.56 Å². The third kappa shape index (κ3) is 4.75. The first-order chi connectivity index (χ1) is 12.1. The van der Waals surface area contributed by atoms with Crippen LogP contribution in [0.25, 0.3) is 0 Å². The van der Waals surface area contributed by atoms with E-state index in [1.807, 2.05) is 50.2 Å². The van der Waals surface area contributed by atoms with Crippen LogP contribution in [0.5, 0.6) is 0 Å². The second-order valence-electron chi connectivity index (χ2n) is 5.76. The van der Waals surface area contributed by atoms with Gasteiger partial charge in [-0.3, -0.25) is 4.79 Å². The molecule has 2 aromatic rings. The third-order valence-electron chi connectivity index (χ3n) is 3.95. The number of benzene rings is 1. The van der Waals surface area contributed by atoms with Crippen LogP contribution in [0.2, 0.25) is 0 Å². The summed E-state index contributed by atoms with van der Waals surface area (Å²) in [6.07, 6.45) is 0.328. The van der Waals surface area contributed by atoms with Gasteiger partial charge in [0.1, 0.15) is 11.6 Å². The molecule has 6 heteroatoms. The molecular formula is C19H23N3O3. The van der Waals surface area contributed by atoms with E-state index in [2.05, 4.69) is 5.10 Å². The Kier molecular flexibility index (Phi) is 6.87. The number of aromatic nitrogens is 2. The molecule has 2 rings (SSSR count). The van der Waals surface area contributed by atoms with Gasteiger partial charge < -0.3 is 9.84 Å². The molecule has 0 aliphatic heterocycles. The molecule has 0 fully saturated rings. The zero-order valence-electron chi connectivity index (χ0n) is 14.6. The highest BCUT2D eigenvalue weighted by atomic mass is 16.5. The number of aryl methyl sites for hydroxylation is 1. The average Bonchev–Trinajstić information content (AvgIpc) is 2.63. The number of rotatable bonds is 8. The van der Waals surface area contributed by atoms with Crippen molar-refractivity contribution in [2.45, 2.75) is 45.9 Å². The maximum atomic E-state index is 12.4. The van der Waals surface area contributed by atoms with Gasteiger partial charge in [-0.25, -0.2) is 4.68 Å². The average molecular weight is 341 g/mol. The summed E-state index contributed by atoms with van der Waals surface area (Å²) in [4.78, 5) is 12.4. The highest BCUT2D eigenvalue weighted by Crippen LogP contribution is 2.10. The van der Waals surface area contributed by atoms with E-state index in [4.69, 9.17) is 4.74 Å². The number of aliphatic hydroxyl groups is 1. The zero-order valence-corrected chi connectivity index (χ0v) is 14.6. The second kappa shape index (κ2) is 9.11. The molecular weight excluding hydrogens is 318 g/mol. The number of hydrogen-bond donors (Lipinski definition) is 1. The molecule has 0 radical (unpaired) electrons. The van der Waals surface area contributed by atoms with Crippen LogP contribution in [-0.2, 0) is 30.7 Å². The minimum atomic E-state index is -0.877. The van der Waals surface area contributed by atoms with Gasteiger partial charge in [0.15, 0.2) is 0 Å². The fourth-order valence-corrected chi connectivity index (χ4v) is 2.70. The maximum Gasteiger partial charge on any atom is 0.285 e. The summed E-state index contributed by atoms with van der Waals surface area (Å²) in [6.45, 7) is 4.30. The topological polar surface area (TPSA) is 88.1 Å². The van der Waals surface area contributed by atoms with Crippen molar-refractivity contribution in [3.63, 3.8) is 0 Å². The third-order valence-corrected chi connectivity index (χ3v) is 3.95. The van der Waals surface area contributed by atoms with Crippen LogP contribution in [0.1, 0.15) is 36.2 Å². The van der Waals surface area contributed by atoms with Crippen LogP contribution in [0.4, 0.5) is 0 Å². The fraction of sp³-hybridized carbons (Fsp3) is 0.421. The van der Waals surface area contributed by atoms with Gasteiger partial charge in [0, 0.05) is 0 Å². The Morgan fingerprint density at radius 2 is 2.00 bits per heavy atom. The molecule has 1 atom stereocenters. The van der Waals surface area contributed by atoms with E-state index in [0.29, 0.717) is 25.0 Å². The molecule has 1 aromatic carbocycles. The van der Waals surface area contributed by atoms with Crippen LogP contribution in [0.15, 0.2) is 35.1 Å². The van der Waals surface area contributed by atoms with Crippen LogP contribution in [-0.4, -0.2) is 27.6 Å². The Morgan fingerprint density at radius 3 is 2.60 bits per heavy atom. The molecule has 0 saturated heterocycles. The lowest BCUT2D eigenvalue weighted by Gasteiger charge is -2.15. The largest absolute Gasteiger partial charge is 0.389 e. The van der Waals surface area contributed by atoms with E-state index in [1.54, 1.807) is 0 Å². The van der Waals surface area contributed by atoms with Gasteiger partial charge in [0.05, 0.1) is 31.6 Å². The molecule has 1 heterocycles. The predicted octanol–water partition coefficient (Wildman–Crippen LogP) is 1.82. The van der Waals surface area contributed by atoms with E-state index in [9.17, 15) is 15.2 Å². The summed E-state index contributed by atoms with van der Waals surface area (Å²) in [7, 11) is 0. The van der Waals surface area contributed by atoms with Gasteiger partial charge in [-0.2, -0.15) is 10.4 Å². The zero-order chi connectivity index (χ0) is 18.2. The Morgan fingerprint density at radius 1 is 1.28 bits per heavy atom. The van der Waals surface area contributed by atoms with Gasteiger partial charge >= 0.3 is 0 Å². The molecule has 1 unspecified atom stereocenters. The lowest BCUT2D eigenvalue weighted by atomic mass is 10.0. The molecule has 0 spiro atoms. The first kappa shape index (κ1) is 18.8. The Labute approximate surface area is 147 Å². The van der Waals surface area contributed by atoms with Crippen molar-refractivity contribution >= 4 is 0 Å². The van der Waals surface area contributed by atoms with Crippen molar-refractivity contribution < 1.29 is 9.84 Å². The minimum absolute atomic E-state index is 0.000697. The first-order valence-corrected chi connectivity index (χ1v) is 8.43. The smallest absolute Gasteiger partial charge is 0.285 e. The summed E-state index contributed by atoms with van der Waals surface area (Å²) in [6, 6.07) is 11.6. The SMILES string of the molecule is CCc1nn(CC(O)COCc2ccccc2)c(=O)c(C#N)c1CC. The molecule has 132 valence electrons. The van der Waals surface area contributed by atoms with Crippen LogP contribution in [0, 0.1) is 11.3 Å². The Bertz CT molecular complexity index is 794. The van der Waals surface area contributed by atoms with Crippen molar-refractivity contribution in [3.05, 3.63) is 63.1 Å². The van der Waals surface area contributed by atoms with Crippen molar-refractivity contribution in [1.82, 2.24) is 9.78 Å². The van der Waals surface area contributed by atoms with Gasteiger partial charge in [-0.15, -0.1) is 0 Å².